The van der Waals surface area contributed by atoms with E-state index >= 15 is 0 Å². The second-order valence-corrected chi connectivity index (χ2v) is 6.39. The molecule has 0 radical (unpaired) electrons. The molecule has 0 aliphatic carbocycles. The number of fused-ring (bicyclic) bond motifs is 1. The lowest BCUT2D eigenvalue weighted by Crippen LogP contribution is -2.06. The first-order valence-corrected chi connectivity index (χ1v) is 8.32. The molecule has 0 amide bonds. The molecule has 7 heteroatoms. The Labute approximate surface area is 145 Å². The first kappa shape index (κ1) is 17.1. The summed E-state index contributed by atoms with van der Waals surface area (Å²) < 4.78 is 27.4. The van der Waals surface area contributed by atoms with Gasteiger partial charge >= 0.3 is 0 Å². The summed E-state index contributed by atoms with van der Waals surface area (Å²) in [5, 5.41) is 17.9. The van der Waals surface area contributed by atoms with Gasteiger partial charge in [0.05, 0.1) is 34.8 Å². The van der Waals surface area contributed by atoms with Crippen molar-refractivity contribution >= 4 is 22.7 Å². The third-order valence-corrected chi connectivity index (χ3v) is 4.65. The van der Waals surface area contributed by atoms with E-state index in [1.54, 1.807) is 18.2 Å². The highest BCUT2D eigenvalue weighted by Crippen LogP contribution is 2.31. The Morgan fingerprint density at radius 3 is 2.72 bits per heavy atom. The van der Waals surface area contributed by atoms with Crippen molar-refractivity contribution in [2.24, 2.45) is 0 Å². The number of pyridine rings is 1. The number of nitrogens with zero attached hydrogens (tertiary/aromatic N) is 1. The van der Waals surface area contributed by atoms with Crippen molar-refractivity contribution < 1.29 is 13.9 Å². The molecule has 0 unspecified atom stereocenters. The van der Waals surface area contributed by atoms with Crippen LogP contribution in [0.25, 0.3) is 22.2 Å². The van der Waals surface area contributed by atoms with Gasteiger partial charge in [0, 0.05) is 28.3 Å². The zero-order chi connectivity index (χ0) is 18.0. The molecule has 2 N–H and O–H groups in total. The van der Waals surface area contributed by atoms with Crippen LogP contribution in [0.5, 0.6) is 0 Å². The van der Waals surface area contributed by atoms with Crippen molar-refractivity contribution in [2.45, 2.75) is 4.90 Å². The summed E-state index contributed by atoms with van der Waals surface area (Å²) in [5.41, 5.74) is 0.748. The molecule has 4 nitrogen and oxygen atoms in total. The minimum Gasteiger partial charge on any atom is -0.396 e. The van der Waals surface area contributed by atoms with Crippen LogP contribution >= 0.6 is 11.8 Å². The summed E-state index contributed by atoms with van der Waals surface area (Å²) in [6.07, 6.45) is 0. The lowest BCUT2D eigenvalue weighted by Gasteiger charge is -2.11. The van der Waals surface area contributed by atoms with E-state index in [4.69, 9.17) is 10.4 Å². The molecule has 1 aromatic heterocycles. The molecule has 0 aliphatic rings. The minimum atomic E-state index is -0.927. The predicted octanol–water partition coefficient (Wildman–Crippen LogP) is 3.43. The van der Waals surface area contributed by atoms with Gasteiger partial charge in [0.2, 0.25) is 0 Å². The average molecular weight is 358 g/mol. The van der Waals surface area contributed by atoms with Crippen molar-refractivity contribution in [2.75, 3.05) is 12.4 Å². The summed E-state index contributed by atoms with van der Waals surface area (Å²) >= 11 is 1.35. The Hall–Kier alpha value is -2.69. The van der Waals surface area contributed by atoms with Crippen molar-refractivity contribution in [1.82, 2.24) is 4.98 Å². The zero-order valence-electron chi connectivity index (χ0n) is 12.8. The number of hydrogen-bond donors (Lipinski definition) is 2. The molecule has 25 heavy (non-hydrogen) atoms. The van der Waals surface area contributed by atoms with E-state index in [-0.39, 0.29) is 17.5 Å². The van der Waals surface area contributed by atoms with Crippen LogP contribution in [0, 0.1) is 23.0 Å². The molecular formula is C18H12F2N2O2S. The third kappa shape index (κ3) is 3.40. The predicted molar refractivity (Wildman–Crippen MR) is 92.4 cm³/mol. The lowest BCUT2D eigenvalue weighted by atomic mass is 10.1. The maximum Gasteiger partial charge on any atom is 0.192 e. The van der Waals surface area contributed by atoms with Crippen LogP contribution in [0.15, 0.2) is 46.1 Å². The fraction of sp³-hybridized carbons (Fsp3) is 0.111. The van der Waals surface area contributed by atoms with Crippen LogP contribution < -0.4 is 5.43 Å². The van der Waals surface area contributed by atoms with Crippen LogP contribution in [0.2, 0.25) is 0 Å². The van der Waals surface area contributed by atoms with Gasteiger partial charge in [0.15, 0.2) is 5.43 Å². The number of halogens is 2. The molecular weight excluding hydrogens is 346 g/mol. The van der Waals surface area contributed by atoms with Crippen LogP contribution in [-0.2, 0) is 0 Å². The molecule has 0 saturated carbocycles. The molecule has 0 bridgehead atoms. The van der Waals surface area contributed by atoms with Gasteiger partial charge in [-0.1, -0.05) is 0 Å². The molecule has 0 saturated heterocycles. The number of benzene rings is 2. The molecule has 2 aromatic carbocycles. The summed E-state index contributed by atoms with van der Waals surface area (Å²) in [7, 11) is 0. The van der Waals surface area contributed by atoms with Gasteiger partial charge in [0.25, 0.3) is 0 Å². The van der Waals surface area contributed by atoms with Gasteiger partial charge in [0.1, 0.15) is 11.6 Å². The molecule has 0 spiro atoms. The molecule has 1 heterocycles. The standard InChI is InChI=1S/C18H12F2N2O2S/c19-11-6-13(20)18-15(7-11)22-14(8-16(18)24)12-5-10(9-21)1-2-17(12)25-4-3-23/h1-2,5-8,23H,3-4H2,(H,22,24). The summed E-state index contributed by atoms with van der Waals surface area (Å²) in [4.78, 5) is 15.9. The van der Waals surface area contributed by atoms with Crippen molar-refractivity contribution in [1.29, 1.82) is 5.26 Å². The summed E-state index contributed by atoms with van der Waals surface area (Å²) in [5.74, 6) is -1.29. The smallest absolute Gasteiger partial charge is 0.192 e. The van der Waals surface area contributed by atoms with Crippen molar-refractivity contribution in [3.05, 3.63) is 63.8 Å². The van der Waals surface area contributed by atoms with Crippen LogP contribution in [0.3, 0.4) is 0 Å². The fourth-order valence-electron chi connectivity index (χ4n) is 2.54. The fourth-order valence-corrected chi connectivity index (χ4v) is 3.34. The number of aromatic amines is 1. The van der Waals surface area contributed by atoms with E-state index in [1.165, 1.54) is 17.8 Å². The molecule has 126 valence electrons. The second kappa shape index (κ2) is 7.05. The largest absolute Gasteiger partial charge is 0.396 e. The number of aliphatic hydroxyl groups is 1. The van der Waals surface area contributed by atoms with E-state index in [9.17, 15) is 13.6 Å². The number of rotatable bonds is 4. The maximum atomic E-state index is 13.9. The normalized spacial score (nSPS) is 10.8. The quantitative estimate of drug-likeness (QED) is 0.701. The number of hydrogen-bond acceptors (Lipinski definition) is 4. The molecule has 0 aliphatic heterocycles. The van der Waals surface area contributed by atoms with Gasteiger partial charge in [-0.3, -0.25) is 4.79 Å². The van der Waals surface area contributed by atoms with Gasteiger partial charge in [-0.15, -0.1) is 11.8 Å². The molecule has 3 aromatic rings. The van der Waals surface area contributed by atoms with E-state index in [0.29, 0.717) is 28.6 Å². The summed E-state index contributed by atoms with van der Waals surface area (Å²) in [6.45, 7) is -0.0330. The van der Waals surface area contributed by atoms with Crippen LogP contribution in [0.1, 0.15) is 5.56 Å². The zero-order valence-corrected chi connectivity index (χ0v) is 13.7. The van der Waals surface area contributed by atoms with Gasteiger partial charge in [-0.05, 0) is 24.3 Å². The Morgan fingerprint density at radius 2 is 2.00 bits per heavy atom. The van der Waals surface area contributed by atoms with E-state index in [0.717, 1.165) is 11.0 Å². The van der Waals surface area contributed by atoms with Crippen LogP contribution in [-0.4, -0.2) is 22.5 Å². The maximum absolute atomic E-state index is 13.9. The number of nitriles is 1. The average Bonchev–Trinajstić information content (AvgIpc) is 2.58. The first-order valence-electron chi connectivity index (χ1n) is 7.33. The highest BCUT2D eigenvalue weighted by atomic mass is 32.2. The van der Waals surface area contributed by atoms with E-state index in [1.807, 2.05) is 6.07 Å². The number of aromatic nitrogens is 1. The van der Waals surface area contributed by atoms with Gasteiger partial charge in [-0.2, -0.15) is 5.26 Å². The minimum absolute atomic E-state index is 0.0330. The lowest BCUT2D eigenvalue weighted by molar-refractivity contribution is 0.322. The number of H-pyrrole nitrogens is 1. The number of aliphatic hydroxyl groups excluding tert-OH is 1. The Morgan fingerprint density at radius 1 is 1.20 bits per heavy atom. The van der Waals surface area contributed by atoms with Gasteiger partial charge < -0.3 is 10.1 Å². The second-order valence-electron chi connectivity index (χ2n) is 5.25. The first-order chi connectivity index (χ1) is 12.0. The topological polar surface area (TPSA) is 76.9 Å². The number of thioether (sulfide) groups is 1. The van der Waals surface area contributed by atoms with E-state index in [2.05, 4.69) is 4.98 Å². The van der Waals surface area contributed by atoms with Crippen molar-refractivity contribution in [3.63, 3.8) is 0 Å². The molecule has 3 rings (SSSR count). The number of nitrogens with one attached hydrogen (secondary N) is 1. The molecule has 0 atom stereocenters. The monoisotopic (exact) mass is 358 g/mol. The SMILES string of the molecule is N#Cc1ccc(SCCO)c(-c2cc(=O)c3c(F)cc(F)cc3[nH]2)c1. The summed E-state index contributed by atoms with van der Waals surface area (Å²) in [6, 6.07) is 9.89. The highest BCUT2D eigenvalue weighted by molar-refractivity contribution is 7.99. The van der Waals surface area contributed by atoms with Crippen molar-refractivity contribution in [3.8, 4) is 17.3 Å². The Bertz CT molecular complexity index is 1060. The Balaban J connectivity index is 2.25. The van der Waals surface area contributed by atoms with Crippen LogP contribution in [0.4, 0.5) is 8.78 Å². The highest BCUT2D eigenvalue weighted by Gasteiger charge is 2.13. The van der Waals surface area contributed by atoms with E-state index < -0.39 is 17.1 Å². The third-order valence-electron chi connectivity index (χ3n) is 3.59. The Kier molecular flexibility index (Phi) is 4.83. The molecule has 0 fully saturated rings. The van der Waals surface area contributed by atoms with Gasteiger partial charge in [-0.25, -0.2) is 8.78 Å².